The summed E-state index contributed by atoms with van der Waals surface area (Å²) in [5.41, 5.74) is 2.60. The predicted octanol–water partition coefficient (Wildman–Crippen LogP) is 4.65. The third kappa shape index (κ3) is 7.38. The van der Waals surface area contributed by atoms with E-state index < -0.39 is 5.60 Å². The van der Waals surface area contributed by atoms with Crippen LogP contribution in [0.3, 0.4) is 0 Å². The van der Waals surface area contributed by atoms with Crippen molar-refractivity contribution in [2.24, 2.45) is 11.8 Å². The average Bonchev–Trinajstić information content (AvgIpc) is 3.30. The minimum atomic E-state index is -0.470. The first-order chi connectivity index (χ1) is 18.7. The number of piperazine rings is 1. The number of nitrogens with zero attached hydrogens (tertiary/aromatic N) is 6. The molecule has 1 aromatic carbocycles. The van der Waals surface area contributed by atoms with E-state index in [0.29, 0.717) is 24.3 Å². The number of anilines is 3. The Bertz CT molecular complexity index is 1240. The second kappa shape index (κ2) is 11.8. The molecule has 0 bridgehead atoms. The Balaban J connectivity index is 1.14. The molecule has 2 fully saturated rings. The van der Waals surface area contributed by atoms with Crippen LogP contribution in [0.5, 0.6) is 0 Å². The molecule has 2 N–H and O–H groups in total. The van der Waals surface area contributed by atoms with Crippen LogP contribution in [-0.2, 0) is 11.3 Å². The van der Waals surface area contributed by atoms with Crippen molar-refractivity contribution in [1.82, 2.24) is 30.0 Å². The Morgan fingerprint density at radius 1 is 1.00 bits per heavy atom. The van der Waals surface area contributed by atoms with Gasteiger partial charge in [0.15, 0.2) is 5.65 Å². The SMILES string of the molecule is CN1CCN(c2ccc(Nc3ncc4cnn(CC5CCC(CNC(=O)OC(C)(C)C)CC5)c4n3)cc2)CC1. The first-order valence-electron chi connectivity index (χ1n) is 14.2. The lowest BCUT2D eigenvalue weighted by molar-refractivity contribution is 0.0513. The zero-order chi connectivity index (χ0) is 27.4. The fourth-order valence-corrected chi connectivity index (χ4v) is 5.41. The van der Waals surface area contributed by atoms with E-state index in [2.05, 4.69) is 61.8 Å². The van der Waals surface area contributed by atoms with Crippen LogP contribution in [0, 0.1) is 11.8 Å². The first kappa shape index (κ1) is 27.2. The van der Waals surface area contributed by atoms with Gasteiger partial charge < -0.3 is 25.2 Å². The fraction of sp³-hybridized carbons (Fsp3) is 0.586. The Morgan fingerprint density at radius 2 is 1.69 bits per heavy atom. The maximum absolute atomic E-state index is 12.0. The number of hydrogen-bond donors (Lipinski definition) is 2. The molecular formula is C29H42N8O2. The Labute approximate surface area is 231 Å². The summed E-state index contributed by atoms with van der Waals surface area (Å²) in [5.74, 6) is 1.61. The monoisotopic (exact) mass is 534 g/mol. The molecule has 1 amide bonds. The van der Waals surface area contributed by atoms with Gasteiger partial charge in [0.1, 0.15) is 5.60 Å². The molecule has 2 aromatic heterocycles. The number of rotatable bonds is 7. The lowest BCUT2D eigenvalue weighted by Crippen LogP contribution is -2.44. The zero-order valence-electron chi connectivity index (χ0n) is 23.7. The molecule has 210 valence electrons. The molecule has 0 radical (unpaired) electrons. The molecule has 3 heterocycles. The summed E-state index contributed by atoms with van der Waals surface area (Å²) in [7, 11) is 2.17. The normalized spacial score (nSPS) is 20.7. The number of benzene rings is 1. The Morgan fingerprint density at radius 3 is 2.38 bits per heavy atom. The second-order valence-electron chi connectivity index (χ2n) is 12.0. The van der Waals surface area contributed by atoms with Crippen molar-refractivity contribution in [2.75, 3.05) is 50.0 Å². The highest BCUT2D eigenvalue weighted by Crippen LogP contribution is 2.30. The number of alkyl carbamates (subject to hydrolysis) is 1. The number of amides is 1. The molecule has 0 spiro atoms. The van der Waals surface area contributed by atoms with Gasteiger partial charge in [0.2, 0.25) is 5.95 Å². The number of likely N-dealkylation sites (N-methyl/N-ethyl adjacent to an activating group) is 1. The summed E-state index contributed by atoms with van der Waals surface area (Å²) in [6.45, 7) is 11.4. The summed E-state index contributed by atoms with van der Waals surface area (Å²) in [4.78, 5) is 26.1. The van der Waals surface area contributed by atoms with Crippen LogP contribution in [0.4, 0.5) is 22.1 Å². The molecular weight excluding hydrogens is 492 g/mol. The van der Waals surface area contributed by atoms with Crippen molar-refractivity contribution in [3.63, 3.8) is 0 Å². The maximum atomic E-state index is 12.0. The highest BCUT2D eigenvalue weighted by molar-refractivity contribution is 5.75. The topological polar surface area (TPSA) is 100 Å². The predicted molar refractivity (Wildman–Crippen MR) is 154 cm³/mol. The molecule has 3 aromatic rings. The van der Waals surface area contributed by atoms with E-state index in [1.807, 2.05) is 37.8 Å². The van der Waals surface area contributed by atoms with Crippen molar-refractivity contribution >= 4 is 34.4 Å². The van der Waals surface area contributed by atoms with E-state index in [0.717, 1.165) is 75.1 Å². The van der Waals surface area contributed by atoms with Crippen molar-refractivity contribution in [2.45, 2.75) is 58.6 Å². The smallest absolute Gasteiger partial charge is 0.407 e. The van der Waals surface area contributed by atoms with E-state index in [1.165, 1.54) is 5.69 Å². The minimum Gasteiger partial charge on any atom is -0.444 e. The molecule has 1 aliphatic carbocycles. The zero-order valence-corrected chi connectivity index (χ0v) is 23.7. The molecule has 0 atom stereocenters. The van der Waals surface area contributed by atoms with Crippen molar-refractivity contribution < 1.29 is 9.53 Å². The van der Waals surface area contributed by atoms with Crippen molar-refractivity contribution in [3.05, 3.63) is 36.7 Å². The highest BCUT2D eigenvalue weighted by atomic mass is 16.6. The van der Waals surface area contributed by atoms with Gasteiger partial charge in [-0.15, -0.1) is 0 Å². The lowest BCUT2D eigenvalue weighted by Gasteiger charge is -2.34. The number of nitrogens with one attached hydrogen (secondary N) is 2. The van der Waals surface area contributed by atoms with Crippen LogP contribution in [0.1, 0.15) is 46.5 Å². The van der Waals surface area contributed by atoms with Gasteiger partial charge in [0, 0.05) is 56.8 Å². The summed E-state index contributed by atoms with van der Waals surface area (Å²) >= 11 is 0. The average molecular weight is 535 g/mol. The molecule has 1 saturated carbocycles. The van der Waals surface area contributed by atoms with Gasteiger partial charge in [-0.05, 0) is 89.6 Å². The number of ether oxygens (including phenoxy) is 1. The van der Waals surface area contributed by atoms with Gasteiger partial charge in [0.05, 0.1) is 11.6 Å². The van der Waals surface area contributed by atoms with E-state index >= 15 is 0 Å². The molecule has 10 nitrogen and oxygen atoms in total. The van der Waals surface area contributed by atoms with E-state index in [4.69, 9.17) is 9.72 Å². The Kier molecular flexibility index (Phi) is 8.20. The number of fused-ring (bicyclic) bond motifs is 1. The largest absolute Gasteiger partial charge is 0.444 e. The van der Waals surface area contributed by atoms with Gasteiger partial charge in [-0.3, -0.25) is 0 Å². The van der Waals surface area contributed by atoms with E-state index in [-0.39, 0.29) is 6.09 Å². The van der Waals surface area contributed by atoms with Crippen molar-refractivity contribution in [1.29, 1.82) is 0 Å². The number of carbonyl (C=O) groups excluding carboxylic acids is 1. The molecule has 1 aliphatic heterocycles. The van der Waals surface area contributed by atoms with Crippen LogP contribution in [0.15, 0.2) is 36.7 Å². The van der Waals surface area contributed by atoms with Gasteiger partial charge in [-0.1, -0.05) is 0 Å². The second-order valence-corrected chi connectivity index (χ2v) is 12.0. The third-order valence-corrected chi connectivity index (χ3v) is 7.70. The van der Waals surface area contributed by atoms with E-state index in [1.54, 1.807) is 0 Å². The molecule has 39 heavy (non-hydrogen) atoms. The lowest BCUT2D eigenvalue weighted by atomic mass is 9.82. The van der Waals surface area contributed by atoms with Gasteiger partial charge in [-0.2, -0.15) is 10.1 Å². The minimum absolute atomic E-state index is 0.331. The van der Waals surface area contributed by atoms with Gasteiger partial charge >= 0.3 is 6.09 Å². The van der Waals surface area contributed by atoms with Crippen LogP contribution in [-0.4, -0.2) is 76.1 Å². The number of hydrogen-bond acceptors (Lipinski definition) is 8. The highest BCUT2D eigenvalue weighted by Gasteiger charge is 2.24. The van der Waals surface area contributed by atoms with Crippen LogP contribution in [0.25, 0.3) is 11.0 Å². The third-order valence-electron chi connectivity index (χ3n) is 7.70. The number of carbonyl (C=O) groups is 1. The molecule has 5 rings (SSSR count). The number of aromatic nitrogens is 4. The summed E-state index contributed by atoms with van der Waals surface area (Å²) in [6.07, 6.45) is 7.75. The summed E-state index contributed by atoms with van der Waals surface area (Å²) in [6, 6.07) is 8.51. The van der Waals surface area contributed by atoms with Crippen LogP contribution in [0.2, 0.25) is 0 Å². The van der Waals surface area contributed by atoms with Crippen LogP contribution >= 0.6 is 0 Å². The van der Waals surface area contributed by atoms with Crippen LogP contribution < -0.4 is 15.5 Å². The molecule has 10 heteroatoms. The fourth-order valence-electron chi connectivity index (χ4n) is 5.41. The Hall–Kier alpha value is -3.40. The molecule has 2 aliphatic rings. The van der Waals surface area contributed by atoms with Crippen molar-refractivity contribution in [3.8, 4) is 0 Å². The molecule has 0 unspecified atom stereocenters. The quantitative estimate of drug-likeness (QED) is 0.452. The first-order valence-corrected chi connectivity index (χ1v) is 14.2. The van der Waals surface area contributed by atoms with E-state index in [9.17, 15) is 4.79 Å². The summed E-state index contributed by atoms with van der Waals surface area (Å²) in [5, 5.41) is 11.9. The summed E-state index contributed by atoms with van der Waals surface area (Å²) < 4.78 is 7.38. The standard InChI is InChI=1S/C29H42N8O2/c1-29(2,3)39-28(38)31-17-21-5-7-22(8-6-21)20-37-26-23(19-32-37)18-30-27(34-26)33-24-9-11-25(12-10-24)36-15-13-35(4)14-16-36/h9-12,18-19,21-22H,5-8,13-17,20H2,1-4H3,(H,31,38)(H,30,33,34). The van der Waals surface area contributed by atoms with Gasteiger partial charge in [0.25, 0.3) is 0 Å². The molecule has 1 saturated heterocycles. The van der Waals surface area contributed by atoms with Gasteiger partial charge in [-0.25, -0.2) is 14.5 Å². The maximum Gasteiger partial charge on any atom is 0.407 e.